The third kappa shape index (κ3) is 3.27. The highest BCUT2D eigenvalue weighted by molar-refractivity contribution is 9.10. The van der Waals surface area contributed by atoms with Gasteiger partial charge in [0, 0.05) is 44.3 Å². The van der Waals surface area contributed by atoms with Crippen molar-refractivity contribution in [2.75, 3.05) is 32.7 Å². The van der Waals surface area contributed by atoms with Crippen molar-refractivity contribution in [3.63, 3.8) is 0 Å². The molecule has 2 saturated carbocycles. The first-order chi connectivity index (χ1) is 11.6. The SMILES string of the molecule is CC1CCCCC1CN1CCN(C2CNNC(=O)C2Br)CC12CC2. The first-order valence-electron chi connectivity index (χ1n) is 9.75. The fraction of sp³-hybridized carbons (Fsp3) is 0.944. The third-order valence-corrected chi connectivity index (χ3v) is 8.00. The molecule has 2 N–H and O–H groups in total. The predicted molar refractivity (Wildman–Crippen MR) is 98.9 cm³/mol. The number of rotatable bonds is 3. The molecule has 1 amide bonds. The molecule has 136 valence electrons. The quantitative estimate of drug-likeness (QED) is 0.710. The molecule has 0 aromatic carbocycles. The lowest BCUT2D eigenvalue weighted by molar-refractivity contribution is -0.125. The van der Waals surface area contributed by atoms with Crippen molar-refractivity contribution >= 4 is 21.8 Å². The van der Waals surface area contributed by atoms with Crippen LogP contribution in [0, 0.1) is 11.8 Å². The predicted octanol–water partition coefficient (Wildman–Crippen LogP) is 1.73. The van der Waals surface area contributed by atoms with Crippen LogP contribution in [-0.4, -0.2) is 64.8 Å². The van der Waals surface area contributed by atoms with Gasteiger partial charge >= 0.3 is 0 Å². The molecule has 6 heteroatoms. The normalized spacial score (nSPS) is 40.5. The number of carbonyl (C=O) groups excluding carboxylic acids is 1. The van der Waals surface area contributed by atoms with E-state index in [2.05, 4.69) is 43.5 Å². The summed E-state index contributed by atoms with van der Waals surface area (Å²) in [5.74, 6) is 1.86. The van der Waals surface area contributed by atoms with Crippen molar-refractivity contribution in [3.05, 3.63) is 0 Å². The van der Waals surface area contributed by atoms with Crippen LogP contribution in [0.25, 0.3) is 0 Å². The van der Waals surface area contributed by atoms with E-state index < -0.39 is 0 Å². The molecular formula is C18H31BrN4O. The van der Waals surface area contributed by atoms with E-state index in [1.54, 1.807) is 0 Å². The van der Waals surface area contributed by atoms with Crippen LogP contribution in [0.1, 0.15) is 45.4 Å². The largest absolute Gasteiger partial charge is 0.295 e. The van der Waals surface area contributed by atoms with E-state index in [1.165, 1.54) is 51.6 Å². The molecule has 4 fully saturated rings. The van der Waals surface area contributed by atoms with E-state index in [9.17, 15) is 4.79 Å². The zero-order valence-corrected chi connectivity index (χ0v) is 16.4. The van der Waals surface area contributed by atoms with Crippen molar-refractivity contribution in [2.45, 2.75) is 61.9 Å². The first-order valence-corrected chi connectivity index (χ1v) is 10.7. The number of hydrogen-bond acceptors (Lipinski definition) is 4. The molecule has 4 aliphatic rings. The van der Waals surface area contributed by atoms with E-state index >= 15 is 0 Å². The second-order valence-electron chi connectivity index (χ2n) is 8.50. The number of hydrogen-bond donors (Lipinski definition) is 2. The standard InChI is InChI=1S/C18H31BrN4O/c1-13-4-2-3-5-14(13)11-23-9-8-22(12-18(23)6-7-18)15-10-20-21-17(24)16(15)19/h13-16,20H,2-12H2,1H3,(H,21,24). The van der Waals surface area contributed by atoms with Gasteiger partial charge in [-0.2, -0.15) is 0 Å². The molecule has 4 atom stereocenters. The number of piperazine rings is 1. The number of carbonyl (C=O) groups is 1. The second kappa shape index (κ2) is 6.86. The Kier molecular flexibility index (Phi) is 4.93. The Hall–Kier alpha value is -0.170. The van der Waals surface area contributed by atoms with Crippen LogP contribution >= 0.6 is 15.9 Å². The Morgan fingerprint density at radius 1 is 1.25 bits per heavy atom. The monoisotopic (exact) mass is 398 g/mol. The van der Waals surface area contributed by atoms with Gasteiger partial charge in [-0.25, -0.2) is 5.43 Å². The molecule has 2 aliphatic heterocycles. The maximum absolute atomic E-state index is 11.9. The number of halogens is 1. The van der Waals surface area contributed by atoms with Crippen molar-refractivity contribution in [3.8, 4) is 0 Å². The number of alkyl halides is 1. The number of amides is 1. The molecule has 5 nitrogen and oxygen atoms in total. The molecule has 2 saturated heterocycles. The van der Waals surface area contributed by atoms with E-state index in [0.29, 0.717) is 5.54 Å². The van der Waals surface area contributed by atoms with Crippen LogP contribution in [0.15, 0.2) is 0 Å². The van der Waals surface area contributed by atoms with Crippen LogP contribution in [0.2, 0.25) is 0 Å². The average molecular weight is 399 g/mol. The lowest BCUT2D eigenvalue weighted by atomic mass is 9.80. The molecule has 0 radical (unpaired) electrons. The van der Waals surface area contributed by atoms with Gasteiger partial charge in [0.15, 0.2) is 0 Å². The molecule has 1 spiro atoms. The molecule has 4 unspecified atom stereocenters. The highest BCUT2D eigenvalue weighted by Crippen LogP contribution is 2.46. The van der Waals surface area contributed by atoms with Crippen LogP contribution in [-0.2, 0) is 4.79 Å². The lowest BCUT2D eigenvalue weighted by Gasteiger charge is -2.48. The van der Waals surface area contributed by atoms with Gasteiger partial charge in [-0.3, -0.25) is 20.0 Å². The highest BCUT2D eigenvalue weighted by atomic mass is 79.9. The molecular weight excluding hydrogens is 368 g/mol. The van der Waals surface area contributed by atoms with Gasteiger partial charge in [-0.05, 0) is 31.1 Å². The van der Waals surface area contributed by atoms with E-state index in [4.69, 9.17) is 0 Å². The van der Waals surface area contributed by atoms with E-state index in [-0.39, 0.29) is 16.8 Å². The fourth-order valence-corrected chi connectivity index (χ4v) is 5.72. The highest BCUT2D eigenvalue weighted by Gasteiger charge is 2.53. The van der Waals surface area contributed by atoms with Crippen molar-refractivity contribution in [1.29, 1.82) is 0 Å². The van der Waals surface area contributed by atoms with Crippen LogP contribution in [0.3, 0.4) is 0 Å². The Labute approximate surface area is 154 Å². The van der Waals surface area contributed by atoms with Crippen LogP contribution in [0.4, 0.5) is 0 Å². The molecule has 24 heavy (non-hydrogen) atoms. The smallest absolute Gasteiger partial charge is 0.249 e. The minimum atomic E-state index is -0.0977. The Balaban J connectivity index is 1.39. The van der Waals surface area contributed by atoms with E-state index in [1.807, 2.05) is 0 Å². The minimum Gasteiger partial charge on any atom is -0.295 e. The number of nitrogens with zero attached hydrogens (tertiary/aromatic N) is 2. The molecule has 0 aromatic rings. The fourth-order valence-electron chi connectivity index (χ4n) is 5.08. The Bertz CT molecular complexity index is 484. The topological polar surface area (TPSA) is 47.6 Å². The molecule has 2 heterocycles. The third-order valence-electron chi connectivity index (χ3n) is 6.98. The van der Waals surface area contributed by atoms with Gasteiger partial charge < -0.3 is 0 Å². The van der Waals surface area contributed by atoms with Crippen LogP contribution < -0.4 is 10.9 Å². The summed E-state index contributed by atoms with van der Waals surface area (Å²) in [7, 11) is 0. The molecule has 0 aromatic heterocycles. The summed E-state index contributed by atoms with van der Waals surface area (Å²) >= 11 is 3.61. The lowest BCUT2D eigenvalue weighted by Crippen LogP contribution is -2.66. The van der Waals surface area contributed by atoms with Gasteiger partial charge in [0.1, 0.15) is 4.83 Å². The average Bonchev–Trinajstić information content (AvgIpc) is 3.34. The van der Waals surface area contributed by atoms with Crippen molar-refractivity contribution in [1.82, 2.24) is 20.7 Å². The molecule has 2 aliphatic carbocycles. The van der Waals surface area contributed by atoms with Crippen molar-refractivity contribution in [2.24, 2.45) is 11.8 Å². The zero-order valence-electron chi connectivity index (χ0n) is 14.8. The summed E-state index contributed by atoms with van der Waals surface area (Å²) in [5, 5.41) is 0. The zero-order chi connectivity index (χ0) is 16.7. The Morgan fingerprint density at radius 2 is 2.04 bits per heavy atom. The summed E-state index contributed by atoms with van der Waals surface area (Å²) in [6, 6.07) is 0.270. The second-order valence-corrected chi connectivity index (χ2v) is 9.49. The van der Waals surface area contributed by atoms with Gasteiger partial charge in [0.05, 0.1) is 0 Å². The summed E-state index contributed by atoms with van der Waals surface area (Å²) in [6.45, 7) is 7.98. The summed E-state index contributed by atoms with van der Waals surface area (Å²) in [6.07, 6.45) is 8.38. The van der Waals surface area contributed by atoms with E-state index in [0.717, 1.165) is 31.5 Å². The molecule has 4 rings (SSSR count). The van der Waals surface area contributed by atoms with Gasteiger partial charge in [0.25, 0.3) is 0 Å². The maximum Gasteiger partial charge on any atom is 0.249 e. The number of nitrogens with one attached hydrogen (secondary N) is 2. The number of hydrazine groups is 1. The summed E-state index contributed by atoms with van der Waals surface area (Å²) in [5.41, 5.74) is 6.20. The van der Waals surface area contributed by atoms with Gasteiger partial charge in [0.2, 0.25) is 5.91 Å². The molecule has 0 bridgehead atoms. The maximum atomic E-state index is 11.9. The summed E-state index contributed by atoms with van der Waals surface area (Å²) < 4.78 is 0. The van der Waals surface area contributed by atoms with Gasteiger partial charge in [-0.1, -0.05) is 42.1 Å². The van der Waals surface area contributed by atoms with Gasteiger partial charge in [-0.15, -0.1) is 0 Å². The van der Waals surface area contributed by atoms with Crippen LogP contribution in [0.5, 0.6) is 0 Å². The summed E-state index contributed by atoms with van der Waals surface area (Å²) in [4.78, 5) is 17.2. The Morgan fingerprint density at radius 3 is 2.79 bits per heavy atom. The first kappa shape index (κ1) is 17.3. The minimum absolute atomic E-state index is 0.0644. The van der Waals surface area contributed by atoms with Crippen molar-refractivity contribution < 1.29 is 4.79 Å².